The third-order valence-corrected chi connectivity index (χ3v) is 4.12. The minimum Gasteiger partial charge on any atom is -0.343 e. The third-order valence-electron chi connectivity index (χ3n) is 4.12. The van der Waals surface area contributed by atoms with Crippen LogP contribution in [0.4, 0.5) is 16.2 Å². The summed E-state index contributed by atoms with van der Waals surface area (Å²) < 4.78 is 0. The van der Waals surface area contributed by atoms with E-state index < -0.39 is 0 Å². The second kappa shape index (κ2) is 7.69. The van der Waals surface area contributed by atoms with Gasteiger partial charge in [-0.2, -0.15) is 0 Å². The molecule has 1 aliphatic heterocycles. The van der Waals surface area contributed by atoms with E-state index in [9.17, 15) is 14.4 Å². The molecule has 0 aliphatic carbocycles. The van der Waals surface area contributed by atoms with Crippen LogP contribution < -0.4 is 20.9 Å². The second-order valence-corrected chi connectivity index (χ2v) is 5.98. The van der Waals surface area contributed by atoms with Crippen LogP contribution in [0.25, 0.3) is 0 Å². The van der Waals surface area contributed by atoms with Crippen LogP contribution >= 0.6 is 0 Å². The summed E-state index contributed by atoms with van der Waals surface area (Å²) in [6.45, 7) is 2.97. The molecule has 7 nitrogen and oxygen atoms in total. The van der Waals surface area contributed by atoms with Crippen LogP contribution in [0.5, 0.6) is 0 Å². The first-order valence-corrected chi connectivity index (χ1v) is 8.34. The zero-order chi connectivity index (χ0) is 18.5. The number of urea groups is 1. The molecule has 0 aromatic heterocycles. The SMILES string of the molecule is Cc1ccccc1C(=O)NCC(=O)Nc1ccc(N2CCNC2=O)cc1. The molecule has 0 spiro atoms. The molecule has 0 unspecified atom stereocenters. The predicted octanol–water partition coefficient (Wildman–Crippen LogP) is 1.89. The summed E-state index contributed by atoms with van der Waals surface area (Å²) in [6, 6.07) is 14.1. The monoisotopic (exact) mass is 352 g/mol. The first-order chi connectivity index (χ1) is 12.5. The highest BCUT2D eigenvalue weighted by Crippen LogP contribution is 2.19. The molecule has 1 heterocycles. The van der Waals surface area contributed by atoms with Gasteiger partial charge < -0.3 is 16.0 Å². The number of nitrogens with zero attached hydrogens (tertiary/aromatic N) is 1. The quantitative estimate of drug-likeness (QED) is 0.767. The van der Waals surface area contributed by atoms with Gasteiger partial charge in [0.25, 0.3) is 5.91 Å². The zero-order valence-corrected chi connectivity index (χ0v) is 14.4. The fraction of sp³-hybridized carbons (Fsp3) is 0.211. The highest BCUT2D eigenvalue weighted by molar-refractivity contribution is 6.00. The Labute approximate surface area is 151 Å². The molecule has 0 saturated carbocycles. The maximum absolute atomic E-state index is 12.1. The summed E-state index contributed by atoms with van der Waals surface area (Å²) in [7, 11) is 0. The van der Waals surface area contributed by atoms with Crippen molar-refractivity contribution in [2.75, 3.05) is 29.9 Å². The lowest BCUT2D eigenvalue weighted by molar-refractivity contribution is -0.115. The van der Waals surface area contributed by atoms with Gasteiger partial charge in [0.05, 0.1) is 6.54 Å². The number of carbonyl (C=O) groups is 3. The van der Waals surface area contributed by atoms with Gasteiger partial charge in [0, 0.05) is 30.0 Å². The van der Waals surface area contributed by atoms with Crippen molar-refractivity contribution in [3.05, 3.63) is 59.7 Å². The molecule has 0 radical (unpaired) electrons. The van der Waals surface area contributed by atoms with Crippen LogP contribution in [0.2, 0.25) is 0 Å². The Hall–Kier alpha value is -3.35. The van der Waals surface area contributed by atoms with Gasteiger partial charge in [-0.1, -0.05) is 18.2 Å². The van der Waals surface area contributed by atoms with Gasteiger partial charge in [-0.05, 0) is 42.8 Å². The number of benzene rings is 2. The molecular weight excluding hydrogens is 332 g/mol. The van der Waals surface area contributed by atoms with Crippen molar-refractivity contribution in [1.29, 1.82) is 0 Å². The van der Waals surface area contributed by atoms with Crippen LogP contribution in [0.15, 0.2) is 48.5 Å². The third kappa shape index (κ3) is 4.00. The summed E-state index contributed by atoms with van der Waals surface area (Å²) in [5, 5.41) is 8.07. The lowest BCUT2D eigenvalue weighted by Gasteiger charge is -2.14. The number of aryl methyl sites for hydroxylation is 1. The molecule has 4 amide bonds. The highest BCUT2D eigenvalue weighted by atomic mass is 16.2. The van der Waals surface area contributed by atoms with Crippen molar-refractivity contribution in [2.24, 2.45) is 0 Å². The fourth-order valence-electron chi connectivity index (χ4n) is 2.73. The molecule has 7 heteroatoms. The molecule has 0 atom stereocenters. The summed E-state index contributed by atoms with van der Waals surface area (Å²) in [6.07, 6.45) is 0. The summed E-state index contributed by atoms with van der Waals surface area (Å²) >= 11 is 0. The Balaban J connectivity index is 1.52. The van der Waals surface area contributed by atoms with E-state index >= 15 is 0 Å². The Morgan fingerprint density at radius 2 is 1.85 bits per heavy atom. The molecule has 0 bridgehead atoms. The van der Waals surface area contributed by atoms with Gasteiger partial charge in [0.15, 0.2) is 0 Å². The normalized spacial score (nSPS) is 13.3. The lowest BCUT2D eigenvalue weighted by atomic mass is 10.1. The Kier molecular flexibility index (Phi) is 5.17. The molecule has 26 heavy (non-hydrogen) atoms. The molecule has 1 saturated heterocycles. The van der Waals surface area contributed by atoms with Crippen LogP contribution in [0.3, 0.4) is 0 Å². The van der Waals surface area contributed by atoms with E-state index in [-0.39, 0.29) is 24.4 Å². The standard InChI is InChI=1S/C19H20N4O3/c1-13-4-2-3-5-16(13)18(25)21-12-17(24)22-14-6-8-15(9-7-14)23-11-10-20-19(23)26/h2-9H,10-12H2,1H3,(H,20,26)(H,21,25)(H,22,24). The molecule has 3 N–H and O–H groups in total. The maximum atomic E-state index is 12.1. The average molecular weight is 352 g/mol. The van der Waals surface area contributed by atoms with Gasteiger partial charge in [-0.3, -0.25) is 14.5 Å². The smallest absolute Gasteiger partial charge is 0.321 e. The molecule has 2 aromatic carbocycles. The van der Waals surface area contributed by atoms with Crippen molar-refractivity contribution in [1.82, 2.24) is 10.6 Å². The molecule has 1 fully saturated rings. The van der Waals surface area contributed by atoms with Crippen LogP contribution in [0, 0.1) is 6.92 Å². The van der Waals surface area contributed by atoms with Crippen LogP contribution in [-0.2, 0) is 4.79 Å². The largest absolute Gasteiger partial charge is 0.343 e. The number of hydrogen-bond acceptors (Lipinski definition) is 3. The topological polar surface area (TPSA) is 90.5 Å². The van der Waals surface area contributed by atoms with Crippen LogP contribution in [-0.4, -0.2) is 37.5 Å². The molecular formula is C19H20N4O3. The van der Waals surface area contributed by atoms with Gasteiger partial charge in [0.1, 0.15) is 0 Å². The van der Waals surface area contributed by atoms with Gasteiger partial charge in [0.2, 0.25) is 5.91 Å². The molecule has 134 valence electrons. The van der Waals surface area contributed by atoms with Gasteiger partial charge in [-0.15, -0.1) is 0 Å². The van der Waals surface area contributed by atoms with E-state index in [0.29, 0.717) is 24.3 Å². The molecule has 2 aromatic rings. The Bertz CT molecular complexity index is 833. The Morgan fingerprint density at radius 1 is 1.12 bits per heavy atom. The average Bonchev–Trinajstić information content (AvgIpc) is 3.07. The van der Waals surface area contributed by atoms with Crippen molar-refractivity contribution >= 4 is 29.2 Å². The number of amides is 4. The number of carbonyl (C=O) groups excluding carboxylic acids is 3. The maximum Gasteiger partial charge on any atom is 0.321 e. The molecule has 1 aliphatic rings. The zero-order valence-electron chi connectivity index (χ0n) is 14.4. The molecule has 3 rings (SSSR count). The van der Waals surface area contributed by atoms with E-state index in [2.05, 4.69) is 16.0 Å². The first kappa shape index (κ1) is 17.5. The second-order valence-electron chi connectivity index (χ2n) is 5.98. The van der Waals surface area contributed by atoms with E-state index in [0.717, 1.165) is 11.3 Å². The fourth-order valence-corrected chi connectivity index (χ4v) is 2.73. The minimum absolute atomic E-state index is 0.122. The van der Waals surface area contributed by atoms with Crippen molar-refractivity contribution in [3.8, 4) is 0 Å². The minimum atomic E-state index is -0.321. The summed E-state index contributed by atoms with van der Waals surface area (Å²) in [4.78, 5) is 37.4. The van der Waals surface area contributed by atoms with Crippen molar-refractivity contribution in [2.45, 2.75) is 6.92 Å². The highest BCUT2D eigenvalue weighted by Gasteiger charge is 2.20. The summed E-state index contributed by atoms with van der Waals surface area (Å²) in [5.74, 6) is -0.604. The van der Waals surface area contributed by atoms with E-state index in [1.165, 1.54) is 0 Å². The van der Waals surface area contributed by atoms with E-state index in [1.54, 1.807) is 41.3 Å². The van der Waals surface area contributed by atoms with Gasteiger partial charge >= 0.3 is 6.03 Å². The van der Waals surface area contributed by atoms with Crippen LogP contribution in [0.1, 0.15) is 15.9 Å². The van der Waals surface area contributed by atoms with Crippen molar-refractivity contribution in [3.63, 3.8) is 0 Å². The van der Waals surface area contributed by atoms with E-state index in [1.807, 2.05) is 19.1 Å². The van der Waals surface area contributed by atoms with Crippen molar-refractivity contribution < 1.29 is 14.4 Å². The number of nitrogens with one attached hydrogen (secondary N) is 3. The summed E-state index contributed by atoms with van der Waals surface area (Å²) in [5.41, 5.74) is 2.77. The Morgan fingerprint density at radius 3 is 2.50 bits per heavy atom. The van der Waals surface area contributed by atoms with E-state index in [4.69, 9.17) is 0 Å². The number of anilines is 2. The van der Waals surface area contributed by atoms with Gasteiger partial charge in [-0.25, -0.2) is 4.79 Å². The number of rotatable bonds is 5. The lowest BCUT2D eigenvalue weighted by Crippen LogP contribution is -2.33. The first-order valence-electron chi connectivity index (χ1n) is 8.34. The number of hydrogen-bond donors (Lipinski definition) is 3. The predicted molar refractivity (Wildman–Crippen MR) is 99.3 cm³/mol.